The van der Waals surface area contributed by atoms with Gasteiger partial charge in [-0.25, -0.2) is 0 Å². The van der Waals surface area contributed by atoms with E-state index in [0.29, 0.717) is 18.9 Å². The van der Waals surface area contributed by atoms with Crippen molar-refractivity contribution in [1.29, 1.82) is 0 Å². The first-order valence-corrected chi connectivity index (χ1v) is 9.84. The van der Waals surface area contributed by atoms with E-state index >= 15 is 0 Å². The van der Waals surface area contributed by atoms with Crippen molar-refractivity contribution >= 4 is 11.8 Å². The summed E-state index contributed by atoms with van der Waals surface area (Å²) in [5.74, 6) is 0.578. The number of amides is 2. The number of nitrogens with zero attached hydrogens (tertiary/aromatic N) is 2. The van der Waals surface area contributed by atoms with Gasteiger partial charge in [0.25, 0.3) is 0 Å². The van der Waals surface area contributed by atoms with Gasteiger partial charge in [-0.2, -0.15) is 0 Å². The first-order valence-electron chi connectivity index (χ1n) is 9.84. The summed E-state index contributed by atoms with van der Waals surface area (Å²) in [6.45, 7) is 8.85. The number of fused-ring (bicyclic) bond motifs is 1. The number of benzene rings is 1. The van der Waals surface area contributed by atoms with Crippen LogP contribution in [0.2, 0.25) is 0 Å². The minimum absolute atomic E-state index is 0.00445. The lowest BCUT2D eigenvalue weighted by atomic mass is 9.93. The largest absolute Gasteiger partial charge is 0.352 e. The van der Waals surface area contributed by atoms with Gasteiger partial charge in [-0.05, 0) is 43.2 Å². The minimum Gasteiger partial charge on any atom is -0.352 e. The first kappa shape index (κ1) is 18.9. The SMILES string of the molecule is CC(C)[C@@H](C)NC(=O)CN1Cc2ccccc2C[C@H]1C(=O)N1CCCC1. The quantitative estimate of drug-likeness (QED) is 0.879. The van der Waals surface area contributed by atoms with Crippen molar-refractivity contribution in [3.8, 4) is 0 Å². The van der Waals surface area contributed by atoms with E-state index in [9.17, 15) is 9.59 Å². The molecule has 26 heavy (non-hydrogen) atoms. The van der Waals surface area contributed by atoms with E-state index in [0.717, 1.165) is 25.9 Å². The topological polar surface area (TPSA) is 52.7 Å². The molecule has 1 fully saturated rings. The van der Waals surface area contributed by atoms with Crippen LogP contribution in [0.3, 0.4) is 0 Å². The maximum Gasteiger partial charge on any atom is 0.240 e. The van der Waals surface area contributed by atoms with Crippen LogP contribution in [-0.2, 0) is 22.6 Å². The molecule has 1 aromatic carbocycles. The van der Waals surface area contributed by atoms with E-state index in [-0.39, 0.29) is 30.4 Å². The lowest BCUT2D eigenvalue weighted by molar-refractivity contribution is -0.137. The highest BCUT2D eigenvalue weighted by Gasteiger charge is 2.35. The summed E-state index contributed by atoms with van der Waals surface area (Å²) < 4.78 is 0. The molecule has 2 heterocycles. The van der Waals surface area contributed by atoms with Gasteiger partial charge in [0.2, 0.25) is 11.8 Å². The van der Waals surface area contributed by atoms with Crippen molar-refractivity contribution in [1.82, 2.24) is 15.1 Å². The number of rotatable bonds is 5. The fraction of sp³-hybridized carbons (Fsp3) is 0.619. The lowest BCUT2D eigenvalue weighted by Gasteiger charge is -2.37. The molecule has 0 saturated carbocycles. The number of nitrogens with one attached hydrogen (secondary N) is 1. The molecule has 1 aromatic rings. The molecule has 1 N–H and O–H groups in total. The molecule has 0 bridgehead atoms. The van der Waals surface area contributed by atoms with E-state index in [4.69, 9.17) is 0 Å². The molecule has 0 aliphatic carbocycles. The summed E-state index contributed by atoms with van der Waals surface area (Å²) in [4.78, 5) is 29.7. The molecule has 0 unspecified atom stereocenters. The highest BCUT2D eigenvalue weighted by Crippen LogP contribution is 2.25. The van der Waals surface area contributed by atoms with Crippen molar-refractivity contribution < 1.29 is 9.59 Å². The van der Waals surface area contributed by atoms with Crippen LogP contribution in [0.25, 0.3) is 0 Å². The van der Waals surface area contributed by atoms with Gasteiger partial charge in [-0.15, -0.1) is 0 Å². The van der Waals surface area contributed by atoms with Crippen LogP contribution in [0.5, 0.6) is 0 Å². The molecule has 5 nitrogen and oxygen atoms in total. The maximum absolute atomic E-state index is 13.1. The highest BCUT2D eigenvalue weighted by molar-refractivity contribution is 5.84. The molecule has 0 spiro atoms. The van der Waals surface area contributed by atoms with Crippen molar-refractivity contribution in [2.45, 2.75) is 58.7 Å². The van der Waals surface area contributed by atoms with Gasteiger partial charge >= 0.3 is 0 Å². The predicted octanol–water partition coefficient (Wildman–Crippen LogP) is 2.20. The number of hydrogen-bond donors (Lipinski definition) is 1. The van der Waals surface area contributed by atoms with Gasteiger partial charge in [-0.3, -0.25) is 14.5 Å². The van der Waals surface area contributed by atoms with Gasteiger partial charge in [0.1, 0.15) is 0 Å². The van der Waals surface area contributed by atoms with Crippen LogP contribution in [0.4, 0.5) is 0 Å². The zero-order valence-corrected chi connectivity index (χ0v) is 16.2. The highest BCUT2D eigenvalue weighted by atomic mass is 16.2. The Balaban J connectivity index is 1.75. The molecule has 3 rings (SSSR count). The van der Waals surface area contributed by atoms with Crippen LogP contribution >= 0.6 is 0 Å². The number of likely N-dealkylation sites (tertiary alicyclic amines) is 1. The van der Waals surface area contributed by atoms with E-state index in [1.807, 2.05) is 24.0 Å². The Bertz CT molecular complexity index is 652. The molecule has 2 atom stereocenters. The molecule has 142 valence electrons. The van der Waals surface area contributed by atoms with E-state index in [2.05, 4.69) is 36.2 Å². The van der Waals surface area contributed by atoms with Gasteiger partial charge in [0.15, 0.2) is 0 Å². The number of carbonyl (C=O) groups excluding carboxylic acids is 2. The summed E-state index contributed by atoms with van der Waals surface area (Å²) in [6, 6.07) is 8.17. The van der Waals surface area contributed by atoms with Crippen molar-refractivity contribution in [2.75, 3.05) is 19.6 Å². The van der Waals surface area contributed by atoms with E-state index in [1.54, 1.807) is 0 Å². The zero-order valence-electron chi connectivity index (χ0n) is 16.2. The van der Waals surface area contributed by atoms with Gasteiger partial charge in [0.05, 0.1) is 12.6 Å². The third-order valence-corrected chi connectivity index (χ3v) is 5.78. The smallest absolute Gasteiger partial charge is 0.240 e. The normalized spacial score (nSPS) is 21.5. The summed E-state index contributed by atoms with van der Waals surface area (Å²) in [5, 5.41) is 3.07. The Hall–Kier alpha value is -1.88. The minimum atomic E-state index is -0.233. The van der Waals surface area contributed by atoms with Crippen molar-refractivity contribution in [2.24, 2.45) is 5.92 Å². The van der Waals surface area contributed by atoms with Crippen LogP contribution in [0, 0.1) is 5.92 Å². The van der Waals surface area contributed by atoms with E-state index < -0.39 is 0 Å². The first-order chi connectivity index (χ1) is 12.5. The second kappa shape index (κ2) is 8.21. The summed E-state index contributed by atoms with van der Waals surface area (Å²) in [7, 11) is 0. The fourth-order valence-electron chi connectivity index (χ4n) is 3.79. The average molecular weight is 357 g/mol. The van der Waals surface area contributed by atoms with Crippen LogP contribution in [-0.4, -0.2) is 53.3 Å². The van der Waals surface area contributed by atoms with Crippen LogP contribution in [0.15, 0.2) is 24.3 Å². The Morgan fingerprint density at radius 3 is 2.42 bits per heavy atom. The Labute approximate surface area is 156 Å². The second-order valence-electron chi connectivity index (χ2n) is 8.03. The van der Waals surface area contributed by atoms with Crippen molar-refractivity contribution in [3.05, 3.63) is 35.4 Å². The lowest BCUT2D eigenvalue weighted by Crippen LogP contribution is -2.54. The Morgan fingerprint density at radius 2 is 1.77 bits per heavy atom. The molecular weight excluding hydrogens is 326 g/mol. The molecular formula is C21H31N3O2. The third-order valence-electron chi connectivity index (χ3n) is 5.78. The summed E-state index contributed by atoms with van der Waals surface area (Å²) in [6.07, 6.45) is 2.86. The van der Waals surface area contributed by atoms with Gasteiger partial charge < -0.3 is 10.2 Å². The number of carbonyl (C=O) groups is 2. The molecule has 2 aliphatic rings. The molecule has 5 heteroatoms. The molecule has 0 aromatic heterocycles. The maximum atomic E-state index is 13.1. The third kappa shape index (κ3) is 4.26. The van der Waals surface area contributed by atoms with Crippen molar-refractivity contribution in [3.63, 3.8) is 0 Å². The molecule has 1 saturated heterocycles. The molecule has 2 aliphatic heterocycles. The van der Waals surface area contributed by atoms with Crippen LogP contribution < -0.4 is 5.32 Å². The second-order valence-corrected chi connectivity index (χ2v) is 8.03. The van der Waals surface area contributed by atoms with Crippen LogP contribution in [0.1, 0.15) is 44.7 Å². The molecule has 0 radical (unpaired) electrons. The predicted molar refractivity (Wildman–Crippen MR) is 103 cm³/mol. The zero-order chi connectivity index (χ0) is 18.7. The molecule has 2 amide bonds. The van der Waals surface area contributed by atoms with E-state index in [1.165, 1.54) is 11.1 Å². The van der Waals surface area contributed by atoms with Gasteiger partial charge in [0, 0.05) is 25.7 Å². The average Bonchev–Trinajstić information content (AvgIpc) is 3.15. The standard InChI is InChI=1S/C21H31N3O2/c1-15(2)16(3)22-20(25)14-24-13-18-9-5-4-8-17(18)12-19(24)21(26)23-10-6-7-11-23/h4-5,8-9,15-16,19H,6-7,10-14H2,1-3H3,(H,22,25)/t16-,19+/m1/s1. The summed E-state index contributed by atoms with van der Waals surface area (Å²) in [5.41, 5.74) is 2.46. The Kier molecular flexibility index (Phi) is 5.97. The number of hydrogen-bond acceptors (Lipinski definition) is 3. The summed E-state index contributed by atoms with van der Waals surface area (Å²) >= 11 is 0. The van der Waals surface area contributed by atoms with Gasteiger partial charge in [-0.1, -0.05) is 38.1 Å². The Morgan fingerprint density at radius 1 is 1.12 bits per heavy atom. The monoisotopic (exact) mass is 357 g/mol. The fourth-order valence-corrected chi connectivity index (χ4v) is 3.79.